The van der Waals surface area contributed by atoms with Crippen LogP contribution < -0.4 is 4.74 Å². The lowest BCUT2D eigenvalue weighted by atomic mass is 10.1. The summed E-state index contributed by atoms with van der Waals surface area (Å²) < 4.78 is 10.1. The number of hydrogen-bond donors (Lipinski definition) is 1. The lowest BCUT2D eigenvalue weighted by Crippen LogP contribution is -2.06. The second-order valence-electron chi connectivity index (χ2n) is 3.75. The number of carbonyl (C=O) groups is 1. The number of aliphatic hydroxyl groups excluding tert-OH is 1. The molecule has 0 unspecified atom stereocenters. The highest BCUT2D eigenvalue weighted by Gasteiger charge is 2.06. The van der Waals surface area contributed by atoms with Crippen LogP contribution in [0.4, 0.5) is 0 Å². The summed E-state index contributed by atoms with van der Waals surface area (Å²) in [6.07, 6.45) is 0.947. The number of aryl methyl sites for hydroxylation is 1. The summed E-state index contributed by atoms with van der Waals surface area (Å²) >= 11 is 0. The zero-order valence-electron chi connectivity index (χ0n) is 10.2. The average Bonchev–Trinajstić information content (AvgIpc) is 2.35. The van der Waals surface area contributed by atoms with Crippen LogP contribution in [0.25, 0.3) is 0 Å². The minimum atomic E-state index is -0.235. The van der Waals surface area contributed by atoms with Crippen LogP contribution in [0.3, 0.4) is 0 Å². The van der Waals surface area contributed by atoms with Crippen molar-refractivity contribution in [2.24, 2.45) is 0 Å². The monoisotopic (exact) mass is 238 g/mol. The van der Waals surface area contributed by atoms with Gasteiger partial charge in [-0.05, 0) is 18.9 Å². The third-order valence-corrected chi connectivity index (χ3v) is 2.46. The maximum Gasteiger partial charge on any atom is 0.305 e. The van der Waals surface area contributed by atoms with E-state index in [0.29, 0.717) is 25.2 Å². The largest absolute Gasteiger partial charge is 0.493 e. The van der Waals surface area contributed by atoms with Crippen molar-refractivity contribution in [2.75, 3.05) is 13.7 Å². The fourth-order valence-electron chi connectivity index (χ4n) is 1.54. The molecule has 0 amide bonds. The topological polar surface area (TPSA) is 55.8 Å². The quantitative estimate of drug-likeness (QED) is 0.606. The number of esters is 1. The van der Waals surface area contributed by atoms with Crippen molar-refractivity contribution in [1.82, 2.24) is 0 Å². The van der Waals surface area contributed by atoms with Gasteiger partial charge >= 0.3 is 5.97 Å². The molecule has 4 nitrogen and oxygen atoms in total. The van der Waals surface area contributed by atoms with Crippen LogP contribution in [0.15, 0.2) is 18.2 Å². The molecule has 17 heavy (non-hydrogen) atoms. The number of rotatable bonds is 6. The standard InChI is InChI=1S/C13H18O4/c1-10-5-3-6-11(9-14)13(10)17-8-4-7-12(15)16-2/h3,5-6,14H,4,7-9H2,1-2H3. The van der Waals surface area contributed by atoms with Gasteiger partial charge in [-0.2, -0.15) is 0 Å². The highest BCUT2D eigenvalue weighted by atomic mass is 16.5. The molecule has 0 fully saturated rings. The van der Waals surface area contributed by atoms with Crippen LogP contribution in [0.5, 0.6) is 5.75 Å². The SMILES string of the molecule is COC(=O)CCCOc1c(C)cccc1CO. The summed E-state index contributed by atoms with van der Waals surface area (Å²) in [5, 5.41) is 9.17. The van der Waals surface area contributed by atoms with Crippen molar-refractivity contribution in [1.29, 1.82) is 0 Å². The molecule has 0 aliphatic carbocycles. The number of aliphatic hydroxyl groups is 1. The first kappa shape index (κ1) is 13.5. The minimum absolute atomic E-state index is 0.0476. The predicted molar refractivity (Wildman–Crippen MR) is 63.8 cm³/mol. The van der Waals surface area contributed by atoms with Gasteiger partial charge in [0.25, 0.3) is 0 Å². The van der Waals surface area contributed by atoms with E-state index in [4.69, 9.17) is 4.74 Å². The average molecular weight is 238 g/mol. The summed E-state index contributed by atoms with van der Waals surface area (Å²) in [5.74, 6) is 0.473. The Bertz CT molecular complexity index is 374. The van der Waals surface area contributed by atoms with Crippen molar-refractivity contribution >= 4 is 5.97 Å². The van der Waals surface area contributed by atoms with Gasteiger partial charge in [0, 0.05) is 12.0 Å². The Kier molecular flexibility index (Phi) is 5.49. The van der Waals surface area contributed by atoms with E-state index in [9.17, 15) is 9.90 Å². The van der Waals surface area contributed by atoms with E-state index >= 15 is 0 Å². The third-order valence-electron chi connectivity index (χ3n) is 2.46. The van der Waals surface area contributed by atoms with Gasteiger partial charge in [-0.1, -0.05) is 18.2 Å². The summed E-state index contributed by atoms with van der Waals surface area (Å²) in [7, 11) is 1.37. The second kappa shape index (κ2) is 6.91. The molecule has 0 radical (unpaired) electrons. The Morgan fingerprint density at radius 2 is 2.18 bits per heavy atom. The number of para-hydroxylation sites is 1. The zero-order valence-corrected chi connectivity index (χ0v) is 10.2. The maximum atomic E-state index is 10.9. The second-order valence-corrected chi connectivity index (χ2v) is 3.75. The van der Waals surface area contributed by atoms with Gasteiger partial charge in [0.05, 0.1) is 20.3 Å². The molecular weight excluding hydrogens is 220 g/mol. The zero-order chi connectivity index (χ0) is 12.7. The normalized spacial score (nSPS) is 10.1. The number of hydrogen-bond acceptors (Lipinski definition) is 4. The van der Waals surface area contributed by atoms with E-state index in [0.717, 1.165) is 11.1 Å². The van der Waals surface area contributed by atoms with Gasteiger partial charge in [-0.15, -0.1) is 0 Å². The van der Waals surface area contributed by atoms with Gasteiger partial charge in [0.15, 0.2) is 0 Å². The Balaban J connectivity index is 2.48. The molecule has 0 saturated heterocycles. The molecule has 0 aromatic heterocycles. The van der Waals surface area contributed by atoms with Crippen LogP contribution in [-0.2, 0) is 16.1 Å². The van der Waals surface area contributed by atoms with E-state index in [1.165, 1.54) is 7.11 Å². The molecule has 94 valence electrons. The Morgan fingerprint density at radius 3 is 2.82 bits per heavy atom. The van der Waals surface area contributed by atoms with Crippen molar-refractivity contribution in [2.45, 2.75) is 26.4 Å². The number of ether oxygens (including phenoxy) is 2. The van der Waals surface area contributed by atoms with Gasteiger partial charge < -0.3 is 14.6 Å². The molecule has 4 heteroatoms. The van der Waals surface area contributed by atoms with E-state index < -0.39 is 0 Å². The summed E-state index contributed by atoms with van der Waals surface area (Å²) in [4.78, 5) is 10.9. The fourth-order valence-corrected chi connectivity index (χ4v) is 1.54. The molecule has 1 aromatic rings. The first-order chi connectivity index (χ1) is 8.19. The molecule has 0 aliphatic heterocycles. The lowest BCUT2D eigenvalue weighted by molar-refractivity contribution is -0.140. The third kappa shape index (κ3) is 4.07. The van der Waals surface area contributed by atoms with Crippen molar-refractivity contribution in [3.05, 3.63) is 29.3 Å². The van der Waals surface area contributed by atoms with Crippen LogP contribution in [0.2, 0.25) is 0 Å². The van der Waals surface area contributed by atoms with E-state index in [2.05, 4.69) is 4.74 Å². The summed E-state index contributed by atoms with van der Waals surface area (Å²) in [5.41, 5.74) is 1.75. The minimum Gasteiger partial charge on any atom is -0.493 e. The van der Waals surface area contributed by atoms with Crippen LogP contribution in [0.1, 0.15) is 24.0 Å². The molecule has 0 aliphatic rings. The number of benzene rings is 1. The number of carbonyl (C=O) groups excluding carboxylic acids is 1. The predicted octanol–water partition coefficient (Wildman–Crippen LogP) is 1.82. The van der Waals surface area contributed by atoms with Crippen molar-refractivity contribution in [3.8, 4) is 5.75 Å². The molecule has 1 aromatic carbocycles. The summed E-state index contributed by atoms with van der Waals surface area (Å²) in [6.45, 7) is 2.32. The van der Waals surface area contributed by atoms with E-state index in [-0.39, 0.29) is 12.6 Å². The van der Waals surface area contributed by atoms with Crippen LogP contribution >= 0.6 is 0 Å². The van der Waals surface area contributed by atoms with Gasteiger partial charge in [0.2, 0.25) is 0 Å². The van der Waals surface area contributed by atoms with E-state index in [1.54, 1.807) is 0 Å². The molecule has 0 bridgehead atoms. The molecule has 0 saturated carbocycles. The van der Waals surface area contributed by atoms with Crippen LogP contribution in [0, 0.1) is 6.92 Å². The van der Waals surface area contributed by atoms with Crippen molar-refractivity contribution in [3.63, 3.8) is 0 Å². The molecule has 0 heterocycles. The maximum absolute atomic E-state index is 10.9. The first-order valence-corrected chi connectivity index (χ1v) is 5.58. The Hall–Kier alpha value is -1.55. The Morgan fingerprint density at radius 1 is 1.41 bits per heavy atom. The van der Waals surface area contributed by atoms with E-state index in [1.807, 2.05) is 25.1 Å². The first-order valence-electron chi connectivity index (χ1n) is 5.58. The van der Waals surface area contributed by atoms with Crippen LogP contribution in [-0.4, -0.2) is 24.8 Å². The molecule has 0 spiro atoms. The molecule has 1 N–H and O–H groups in total. The highest BCUT2D eigenvalue weighted by Crippen LogP contribution is 2.23. The van der Waals surface area contributed by atoms with Gasteiger partial charge in [-0.25, -0.2) is 0 Å². The molecule has 0 atom stereocenters. The number of methoxy groups -OCH3 is 1. The molecular formula is C13H18O4. The summed E-state index contributed by atoms with van der Waals surface area (Å²) in [6, 6.07) is 5.62. The lowest BCUT2D eigenvalue weighted by Gasteiger charge is -2.12. The molecule has 1 rings (SSSR count). The van der Waals surface area contributed by atoms with Crippen molar-refractivity contribution < 1.29 is 19.4 Å². The smallest absolute Gasteiger partial charge is 0.305 e. The van der Waals surface area contributed by atoms with Gasteiger partial charge in [0.1, 0.15) is 5.75 Å². The Labute approximate surface area is 101 Å². The fraction of sp³-hybridized carbons (Fsp3) is 0.462. The van der Waals surface area contributed by atoms with Gasteiger partial charge in [-0.3, -0.25) is 4.79 Å². The highest BCUT2D eigenvalue weighted by molar-refractivity contribution is 5.69.